The summed E-state index contributed by atoms with van der Waals surface area (Å²) in [6, 6.07) is 6.71. The third-order valence-corrected chi connectivity index (χ3v) is 9.88. The van der Waals surface area contributed by atoms with Gasteiger partial charge in [-0.05, 0) is 77.0 Å². The molecule has 2 aromatic rings. The molecule has 17 heteroatoms. The molecule has 0 bridgehead atoms. The molecule has 5 aliphatic rings. The molecule has 2 aromatic carbocycles. The Bertz CT molecular complexity index is 1860. The molecule has 2 aliphatic carbocycles. The summed E-state index contributed by atoms with van der Waals surface area (Å²) in [5, 5.41) is 8.83. The molecule has 3 radical (unpaired) electrons. The van der Waals surface area contributed by atoms with Gasteiger partial charge in [-0.2, -0.15) is 26.3 Å². The molecule has 4 N–H and O–H groups in total. The molecule has 3 fully saturated rings. The number of carbonyl (C=O) groups excluding carboxylic acids is 2. The zero-order valence-corrected chi connectivity index (χ0v) is 29.5. The van der Waals surface area contributed by atoms with Crippen molar-refractivity contribution in [2.24, 2.45) is 11.8 Å². The molecule has 2 unspecified atom stereocenters. The predicted octanol–water partition coefficient (Wildman–Crippen LogP) is 7.30. The van der Waals surface area contributed by atoms with Gasteiger partial charge in [0.25, 0.3) is 0 Å². The molecule has 1 saturated heterocycles. The maximum atomic E-state index is 14.1. The van der Waals surface area contributed by atoms with E-state index in [-0.39, 0.29) is 50.2 Å². The lowest BCUT2D eigenvalue weighted by atomic mass is 9.76. The Kier molecular flexibility index (Phi) is 10.9. The van der Waals surface area contributed by atoms with Crippen LogP contribution in [-0.2, 0) is 20.4 Å². The highest BCUT2D eigenvalue weighted by atomic mass is 79.9. The van der Waals surface area contributed by atoms with E-state index in [1.54, 1.807) is 0 Å². The van der Waals surface area contributed by atoms with E-state index in [9.17, 15) is 35.9 Å². The average molecular weight is 792 g/mol. The third-order valence-electron chi connectivity index (χ3n) is 9.39. The number of hydrogen-bond acceptors (Lipinski definition) is 4. The number of rotatable bonds is 1. The molecule has 4 amide bonds. The smallest absolute Gasteiger partial charge is 0.399 e. The summed E-state index contributed by atoms with van der Waals surface area (Å²) in [4.78, 5) is 23.8. The van der Waals surface area contributed by atoms with Crippen molar-refractivity contribution in [1.29, 1.82) is 0 Å². The summed E-state index contributed by atoms with van der Waals surface area (Å²) in [5.41, 5.74) is -6.15. The monoisotopic (exact) mass is 791 g/mol. The van der Waals surface area contributed by atoms with Crippen molar-refractivity contribution in [2.45, 2.75) is 95.4 Å². The number of halogens is 7. The molecule has 52 heavy (non-hydrogen) atoms. The molecule has 7 rings (SSSR count). The standard InChI is InChI=1S/C20H22BF3N2O3.C14H10BrF3N2O.CH4.B/c1-17(2)18(3,4)29-21(28-17)13-7-8-14-15(11-13)25-16(27)26-19(14,20(22,23)24)10-9-12-5-6-12;15-9-3-4-10-11(7-9)19-12(21)20-13(10,14(16,17)18)6-5-8-1-2-8;;/h7-8,11-12H,5-6H2,1-4H3,(H2,25,26,27);3-4,7-8H,1-2H2,(H2,19,20,21);1H4;. The number of fused-ring (bicyclic) bond motifs is 2. The van der Waals surface area contributed by atoms with Crippen LogP contribution in [-0.4, -0.2) is 51.1 Å². The molecule has 8 nitrogen and oxygen atoms in total. The zero-order chi connectivity index (χ0) is 36.5. The molecule has 2 saturated carbocycles. The highest BCUT2D eigenvalue weighted by Gasteiger charge is 2.61. The van der Waals surface area contributed by atoms with E-state index < -0.39 is 53.8 Å². The number of hydrogen-bond donors (Lipinski definition) is 4. The van der Waals surface area contributed by atoms with Crippen molar-refractivity contribution in [1.82, 2.24) is 10.6 Å². The van der Waals surface area contributed by atoms with E-state index in [1.165, 1.54) is 36.4 Å². The minimum atomic E-state index is -4.78. The highest BCUT2D eigenvalue weighted by Crippen LogP contribution is 2.46. The molecule has 2 atom stereocenters. The topological polar surface area (TPSA) is 101 Å². The number of alkyl halides is 6. The maximum absolute atomic E-state index is 14.1. The van der Waals surface area contributed by atoms with Crippen LogP contribution in [0.25, 0.3) is 0 Å². The number of nitrogens with one attached hydrogen (secondary N) is 4. The normalized spacial score (nSPS) is 25.1. The molecular weight excluding hydrogens is 756 g/mol. The van der Waals surface area contributed by atoms with Gasteiger partial charge in [0.2, 0.25) is 11.1 Å². The van der Waals surface area contributed by atoms with Crippen molar-refractivity contribution in [2.75, 3.05) is 10.6 Å². The van der Waals surface area contributed by atoms with Crippen LogP contribution in [0.3, 0.4) is 0 Å². The van der Waals surface area contributed by atoms with Crippen LogP contribution in [0.4, 0.5) is 47.3 Å². The SMILES string of the molecule is C.CC1(C)OB(c2ccc3c(c2)NC(=O)NC3(C#CC2CC2)C(F)(F)F)OC1(C)C.O=C1Nc2cc(Br)ccc2C(C#CC2CC2)(C(F)(F)F)N1.[B]. The Balaban J connectivity index is 0.000000235. The van der Waals surface area contributed by atoms with Gasteiger partial charge in [0.1, 0.15) is 0 Å². The van der Waals surface area contributed by atoms with Crippen molar-refractivity contribution in [3.05, 3.63) is 52.0 Å². The van der Waals surface area contributed by atoms with Crippen molar-refractivity contribution >= 4 is 60.4 Å². The third kappa shape index (κ3) is 7.64. The van der Waals surface area contributed by atoms with Crippen molar-refractivity contribution in [3.8, 4) is 23.7 Å². The summed E-state index contributed by atoms with van der Waals surface area (Å²) in [7, 11) is -0.755. The summed E-state index contributed by atoms with van der Waals surface area (Å²) >= 11 is 3.18. The fourth-order valence-corrected chi connectivity index (χ4v) is 5.87. The lowest BCUT2D eigenvalue weighted by Crippen LogP contribution is -2.59. The van der Waals surface area contributed by atoms with Gasteiger partial charge in [-0.15, -0.1) is 0 Å². The fourth-order valence-electron chi connectivity index (χ4n) is 5.51. The highest BCUT2D eigenvalue weighted by molar-refractivity contribution is 9.10. The lowest BCUT2D eigenvalue weighted by Gasteiger charge is -2.37. The van der Waals surface area contributed by atoms with Gasteiger partial charge in [0.15, 0.2) is 0 Å². The summed E-state index contributed by atoms with van der Waals surface area (Å²) in [5.74, 6) is 9.85. The van der Waals surface area contributed by atoms with Crippen LogP contribution in [0.2, 0.25) is 0 Å². The van der Waals surface area contributed by atoms with Gasteiger partial charge < -0.3 is 30.6 Å². The van der Waals surface area contributed by atoms with Crippen molar-refractivity contribution in [3.63, 3.8) is 0 Å². The molecular formula is C35H36B2BrF6N4O4. The van der Waals surface area contributed by atoms with Crippen LogP contribution in [0, 0.1) is 35.5 Å². The number of urea groups is 2. The molecule has 0 spiro atoms. The molecule has 0 aromatic heterocycles. The van der Waals surface area contributed by atoms with Crippen molar-refractivity contribution < 1.29 is 45.2 Å². The first-order valence-corrected chi connectivity index (χ1v) is 16.6. The minimum absolute atomic E-state index is 0. The predicted molar refractivity (Wildman–Crippen MR) is 190 cm³/mol. The van der Waals surface area contributed by atoms with Crippen LogP contribution >= 0.6 is 15.9 Å². The summed E-state index contributed by atoms with van der Waals surface area (Å²) < 4.78 is 95.9. The van der Waals surface area contributed by atoms with Gasteiger partial charge in [-0.3, -0.25) is 0 Å². The Morgan fingerprint density at radius 1 is 0.731 bits per heavy atom. The first kappa shape index (κ1) is 41.0. The van der Waals surface area contributed by atoms with E-state index in [0.717, 1.165) is 25.7 Å². The lowest BCUT2D eigenvalue weighted by molar-refractivity contribution is -0.179. The van der Waals surface area contributed by atoms with Gasteiger partial charge in [0, 0.05) is 41.5 Å². The summed E-state index contributed by atoms with van der Waals surface area (Å²) in [6.45, 7) is 7.55. The fraction of sp³-hybridized carbons (Fsp3) is 0.486. The van der Waals surface area contributed by atoms with Gasteiger partial charge in [-0.25, -0.2) is 9.59 Å². The minimum Gasteiger partial charge on any atom is -0.399 e. The van der Waals surface area contributed by atoms with Crippen LogP contribution < -0.4 is 26.7 Å². The largest absolute Gasteiger partial charge is 0.494 e. The number of amides is 4. The Morgan fingerprint density at radius 3 is 1.54 bits per heavy atom. The Morgan fingerprint density at radius 2 is 1.13 bits per heavy atom. The Hall–Kier alpha value is -3.79. The number of carbonyl (C=O) groups is 2. The second-order valence-electron chi connectivity index (χ2n) is 13.8. The van der Waals surface area contributed by atoms with Gasteiger partial charge >= 0.3 is 31.5 Å². The molecule has 3 heterocycles. The molecule has 275 valence electrons. The van der Waals surface area contributed by atoms with E-state index in [2.05, 4.69) is 50.2 Å². The van der Waals surface area contributed by atoms with Gasteiger partial charge in [0.05, 0.1) is 16.9 Å². The summed E-state index contributed by atoms with van der Waals surface area (Å²) in [6.07, 6.45) is -6.33. The quantitative estimate of drug-likeness (QED) is 0.138. The molecule has 3 aliphatic heterocycles. The van der Waals surface area contributed by atoms with E-state index in [0.29, 0.717) is 9.94 Å². The van der Waals surface area contributed by atoms with Crippen LogP contribution in [0.15, 0.2) is 40.9 Å². The first-order chi connectivity index (χ1) is 23.2. The number of benzene rings is 2. The van der Waals surface area contributed by atoms with Gasteiger partial charge in [-0.1, -0.05) is 65.2 Å². The first-order valence-electron chi connectivity index (χ1n) is 15.8. The van der Waals surface area contributed by atoms with E-state index in [4.69, 9.17) is 9.31 Å². The second kappa shape index (κ2) is 13.9. The Labute approximate surface area is 309 Å². The van der Waals surface area contributed by atoms with E-state index in [1.807, 2.05) is 38.3 Å². The number of anilines is 2. The van der Waals surface area contributed by atoms with Crippen LogP contribution in [0.5, 0.6) is 0 Å². The van der Waals surface area contributed by atoms with Crippen LogP contribution in [0.1, 0.15) is 71.9 Å². The zero-order valence-electron chi connectivity index (χ0n) is 27.9. The second-order valence-corrected chi connectivity index (χ2v) is 14.7. The average Bonchev–Trinajstić information content (AvgIpc) is 3.92. The maximum Gasteiger partial charge on any atom is 0.494 e. The van der Waals surface area contributed by atoms with E-state index >= 15 is 0 Å².